The van der Waals surface area contributed by atoms with E-state index >= 15 is 0 Å². The molecular formula is C13H18N2O5. The second kappa shape index (κ2) is 7.32. The average Bonchev–Trinajstić information content (AvgIpc) is 2.35. The number of ether oxygens (including phenoxy) is 1. The van der Waals surface area contributed by atoms with E-state index in [4.69, 9.17) is 9.84 Å². The molecule has 7 heteroatoms. The molecule has 0 saturated carbocycles. The molecule has 0 bridgehead atoms. The van der Waals surface area contributed by atoms with Gasteiger partial charge in [0.2, 0.25) is 0 Å². The van der Waals surface area contributed by atoms with Gasteiger partial charge in [-0.15, -0.1) is 0 Å². The quantitative estimate of drug-likeness (QED) is 0.561. The fourth-order valence-electron chi connectivity index (χ4n) is 1.70. The molecule has 1 aromatic rings. The van der Waals surface area contributed by atoms with Gasteiger partial charge in [-0.2, -0.15) is 0 Å². The second-order valence-corrected chi connectivity index (χ2v) is 4.49. The van der Waals surface area contributed by atoms with Crippen LogP contribution in [0.25, 0.3) is 0 Å². The molecule has 0 aliphatic heterocycles. The van der Waals surface area contributed by atoms with Crippen molar-refractivity contribution in [1.29, 1.82) is 0 Å². The first-order chi connectivity index (χ1) is 9.42. The zero-order valence-electron chi connectivity index (χ0n) is 11.5. The summed E-state index contributed by atoms with van der Waals surface area (Å²) in [6, 6.07) is 4.41. The van der Waals surface area contributed by atoms with Crippen molar-refractivity contribution < 1.29 is 19.6 Å². The fourth-order valence-corrected chi connectivity index (χ4v) is 1.70. The van der Waals surface area contributed by atoms with Crippen LogP contribution < -0.4 is 10.1 Å². The van der Waals surface area contributed by atoms with Gasteiger partial charge in [-0.3, -0.25) is 14.9 Å². The summed E-state index contributed by atoms with van der Waals surface area (Å²) in [7, 11) is 0. The number of hydrogen-bond acceptors (Lipinski definition) is 5. The van der Waals surface area contributed by atoms with Crippen LogP contribution in [0.3, 0.4) is 0 Å². The predicted octanol–water partition coefficient (Wildman–Crippen LogP) is 2.52. The number of rotatable bonds is 8. The van der Waals surface area contributed by atoms with E-state index in [-0.39, 0.29) is 18.0 Å². The summed E-state index contributed by atoms with van der Waals surface area (Å²) in [6.07, 6.45) is 0.0419. The zero-order valence-corrected chi connectivity index (χ0v) is 11.5. The number of nitrogens with one attached hydrogen (secondary N) is 1. The Morgan fingerprint density at radius 3 is 2.75 bits per heavy atom. The van der Waals surface area contributed by atoms with Crippen LogP contribution in [0.5, 0.6) is 5.75 Å². The Balaban J connectivity index is 2.77. The highest BCUT2D eigenvalue weighted by Crippen LogP contribution is 2.26. The van der Waals surface area contributed by atoms with E-state index in [1.807, 2.05) is 0 Å². The van der Waals surface area contributed by atoms with E-state index in [0.29, 0.717) is 24.6 Å². The third kappa shape index (κ3) is 5.13. The van der Waals surface area contributed by atoms with Gasteiger partial charge in [0.1, 0.15) is 5.75 Å². The maximum absolute atomic E-state index is 10.8. The normalized spacial score (nSPS) is 11.7. The molecule has 0 spiro atoms. The smallest absolute Gasteiger partial charge is 0.303 e. The third-order valence-electron chi connectivity index (χ3n) is 2.59. The van der Waals surface area contributed by atoms with Crippen molar-refractivity contribution in [2.24, 2.45) is 5.92 Å². The summed E-state index contributed by atoms with van der Waals surface area (Å²) in [5, 5.41) is 22.5. The van der Waals surface area contributed by atoms with Gasteiger partial charge in [-0.25, -0.2) is 0 Å². The molecule has 7 nitrogen and oxygen atoms in total. The predicted molar refractivity (Wildman–Crippen MR) is 74.2 cm³/mol. The van der Waals surface area contributed by atoms with Gasteiger partial charge in [-0.05, 0) is 12.8 Å². The molecule has 1 rings (SSSR count). The molecule has 1 aromatic carbocycles. The lowest BCUT2D eigenvalue weighted by molar-refractivity contribution is -0.384. The Morgan fingerprint density at radius 2 is 2.20 bits per heavy atom. The van der Waals surface area contributed by atoms with Crippen molar-refractivity contribution in [3.8, 4) is 5.75 Å². The van der Waals surface area contributed by atoms with E-state index in [1.165, 1.54) is 12.1 Å². The van der Waals surface area contributed by atoms with Crippen LogP contribution in [0.4, 0.5) is 11.4 Å². The number of nitro groups is 1. The van der Waals surface area contributed by atoms with Gasteiger partial charge in [0.05, 0.1) is 17.6 Å². The molecule has 0 heterocycles. The van der Waals surface area contributed by atoms with E-state index in [2.05, 4.69) is 5.32 Å². The molecule has 0 aliphatic carbocycles. The summed E-state index contributed by atoms with van der Waals surface area (Å²) in [6.45, 7) is 4.41. The molecule has 2 N–H and O–H groups in total. The molecule has 0 amide bonds. The van der Waals surface area contributed by atoms with Crippen LogP contribution in [0.15, 0.2) is 18.2 Å². The van der Waals surface area contributed by atoms with Gasteiger partial charge >= 0.3 is 5.97 Å². The largest absolute Gasteiger partial charge is 0.494 e. The fraction of sp³-hybridized carbons (Fsp3) is 0.462. The minimum Gasteiger partial charge on any atom is -0.494 e. The van der Waals surface area contributed by atoms with Crippen molar-refractivity contribution in [1.82, 2.24) is 0 Å². The summed E-state index contributed by atoms with van der Waals surface area (Å²) in [4.78, 5) is 20.9. The molecular weight excluding hydrogens is 264 g/mol. The molecule has 20 heavy (non-hydrogen) atoms. The highest BCUT2D eigenvalue weighted by Gasteiger charge is 2.12. The lowest BCUT2D eigenvalue weighted by Gasteiger charge is -2.12. The molecule has 1 atom stereocenters. The number of aliphatic carboxylic acids is 1. The molecule has 110 valence electrons. The monoisotopic (exact) mass is 282 g/mol. The van der Waals surface area contributed by atoms with E-state index in [0.717, 1.165) is 0 Å². The van der Waals surface area contributed by atoms with Crippen molar-refractivity contribution >= 4 is 17.3 Å². The van der Waals surface area contributed by atoms with Gasteiger partial charge in [0, 0.05) is 30.8 Å². The second-order valence-electron chi connectivity index (χ2n) is 4.49. The highest BCUT2D eigenvalue weighted by atomic mass is 16.6. The Labute approximate surface area is 116 Å². The minimum atomic E-state index is -0.867. The maximum Gasteiger partial charge on any atom is 0.303 e. The van der Waals surface area contributed by atoms with Crippen LogP contribution in [0, 0.1) is 16.0 Å². The molecule has 0 aliphatic rings. The number of carboxylic acids is 1. The van der Waals surface area contributed by atoms with Gasteiger partial charge in [0.15, 0.2) is 0 Å². The Hall–Kier alpha value is -2.31. The summed E-state index contributed by atoms with van der Waals surface area (Å²) in [5.74, 6) is -0.536. The Bertz CT molecular complexity index is 490. The first-order valence-corrected chi connectivity index (χ1v) is 6.30. The van der Waals surface area contributed by atoms with Crippen LogP contribution in [-0.2, 0) is 4.79 Å². The molecule has 0 saturated heterocycles. The number of anilines is 1. The van der Waals surface area contributed by atoms with Crippen molar-refractivity contribution in [3.05, 3.63) is 28.3 Å². The number of nitro benzene ring substituents is 1. The average molecular weight is 282 g/mol. The Kier molecular flexibility index (Phi) is 5.76. The first-order valence-electron chi connectivity index (χ1n) is 6.30. The van der Waals surface area contributed by atoms with Crippen LogP contribution in [0.2, 0.25) is 0 Å². The topological polar surface area (TPSA) is 102 Å². The van der Waals surface area contributed by atoms with Crippen LogP contribution in [-0.4, -0.2) is 29.2 Å². The van der Waals surface area contributed by atoms with E-state index in [9.17, 15) is 14.9 Å². The third-order valence-corrected chi connectivity index (χ3v) is 2.59. The standard InChI is InChI=1S/C13H18N2O5/c1-3-20-12-6-10(5-11(7-12)15(18)19)14-8-9(2)4-13(16)17/h5-7,9,14H,3-4,8H2,1-2H3,(H,16,17). The molecule has 1 unspecified atom stereocenters. The first kappa shape index (κ1) is 15.7. The maximum atomic E-state index is 10.8. The van der Waals surface area contributed by atoms with E-state index in [1.54, 1.807) is 19.9 Å². The number of carbonyl (C=O) groups is 1. The van der Waals surface area contributed by atoms with Gasteiger partial charge < -0.3 is 15.2 Å². The Morgan fingerprint density at radius 1 is 1.50 bits per heavy atom. The number of nitrogens with zero attached hydrogens (tertiary/aromatic N) is 1. The number of carboxylic acid groups (broad SMARTS) is 1. The number of hydrogen-bond donors (Lipinski definition) is 2. The summed E-state index contributed by atoms with van der Waals surface area (Å²) in [5.41, 5.74) is 0.476. The lowest BCUT2D eigenvalue weighted by atomic mass is 10.1. The summed E-state index contributed by atoms with van der Waals surface area (Å²) >= 11 is 0. The van der Waals surface area contributed by atoms with Crippen molar-refractivity contribution in [2.45, 2.75) is 20.3 Å². The SMILES string of the molecule is CCOc1cc(NCC(C)CC(=O)O)cc([N+](=O)[O-])c1. The van der Waals surface area contributed by atoms with Crippen molar-refractivity contribution in [2.75, 3.05) is 18.5 Å². The van der Waals surface area contributed by atoms with Crippen molar-refractivity contribution in [3.63, 3.8) is 0 Å². The molecule has 0 radical (unpaired) electrons. The van der Waals surface area contributed by atoms with Gasteiger partial charge in [0.25, 0.3) is 5.69 Å². The van der Waals surface area contributed by atoms with Crippen LogP contribution in [0.1, 0.15) is 20.3 Å². The molecule has 0 aromatic heterocycles. The number of benzene rings is 1. The lowest BCUT2D eigenvalue weighted by Crippen LogP contribution is -2.15. The van der Waals surface area contributed by atoms with Gasteiger partial charge in [-0.1, -0.05) is 6.92 Å². The molecule has 0 fully saturated rings. The minimum absolute atomic E-state index is 0.0419. The highest BCUT2D eigenvalue weighted by molar-refractivity contribution is 5.67. The summed E-state index contributed by atoms with van der Waals surface area (Å²) < 4.78 is 5.27. The zero-order chi connectivity index (χ0) is 15.1. The number of non-ortho nitro benzene ring substituents is 1. The van der Waals surface area contributed by atoms with E-state index < -0.39 is 10.9 Å². The van der Waals surface area contributed by atoms with Crippen LogP contribution >= 0.6 is 0 Å².